The van der Waals surface area contributed by atoms with E-state index >= 15 is 0 Å². The molecule has 0 saturated heterocycles. The smallest absolute Gasteiger partial charge is 0.276 e. The van der Waals surface area contributed by atoms with E-state index in [-0.39, 0.29) is 17.7 Å². The van der Waals surface area contributed by atoms with Gasteiger partial charge in [-0.05, 0) is 44.7 Å². The Morgan fingerprint density at radius 3 is 2.56 bits per heavy atom. The van der Waals surface area contributed by atoms with Crippen LogP contribution in [0.3, 0.4) is 0 Å². The van der Waals surface area contributed by atoms with Crippen molar-refractivity contribution < 1.29 is 12.8 Å². The Hall–Kier alpha value is -0.850. The third-order valence-corrected chi connectivity index (χ3v) is 5.03. The lowest BCUT2D eigenvalue weighted by Gasteiger charge is -2.24. The van der Waals surface area contributed by atoms with Crippen molar-refractivity contribution in [1.82, 2.24) is 4.31 Å². The second-order valence-electron chi connectivity index (χ2n) is 5.04. The molecule has 1 heterocycles. The molecule has 1 aromatic heterocycles. The zero-order valence-corrected chi connectivity index (χ0v) is 11.6. The van der Waals surface area contributed by atoms with Gasteiger partial charge in [-0.3, -0.25) is 0 Å². The van der Waals surface area contributed by atoms with Crippen molar-refractivity contribution in [2.45, 2.75) is 44.4 Å². The number of hydrogen-bond donors (Lipinski definition) is 1. The van der Waals surface area contributed by atoms with Crippen LogP contribution in [0.15, 0.2) is 21.6 Å². The number of rotatable bonds is 6. The minimum Gasteiger partial charge on any atom is -0.447 e. The van der Waals surface area contributed by atoms with Gasteiger partial charge in [0.1, 0.15) is 5.76 Å². The highest BCUT2D eigenvalue weighted by molar-refractivity contribution is 7.89. The van der Waals surface area contributed by atoms with Crippen LogP contribution < -0.4 is 5.73 Å². The maximum absolute atomic E-state index is 12.5. The molecule has 0 spiro atoms. The minimum atomic E-state index is -3.53. The van der Waals surface area contributed by atoms with Gasteiger partial charge in [-0.25, -0.2) is 8.42 Å². The van der Waals surface area contributed by atoms with E-state index < -0.39 is 10.0 Å². The Balaban J connectivity index is 2.25. The predicted octanol–water partition coefficient (Wildman–Crippen LogP) is 1.55. The lowest BCUT2D eigenvalue weighted by molar-refractivity contribution is 0.322. The summed E-state index contributed by atoms with van der Waals surface area (Å²) in [5.41, 5.74) is 5.43. The van der Waals surface area contributed by atoms with E-state index in [4.69, 9.17) is 10.2 Å². The first-order chi connectivity index (χ1) is 8.45. The van der Waals surface area contributed by atoms with Gasteiger partial charge >= 0.3 is 0 Å². The Morgan fingerprint density at radius 1 is 1.44 bits per heavy atom. The molecule has 1 saturated carbocycles. The lowest BCUT2D eigenvalue weighted by atomic mass is 10.3. The monoisotopic (exact) mass is 272 g/mol. The number of nitrogens with two attached hydrogens (primary N) is 1. The summed E-state index contributed by atoms with van der Waals surface area (Å²) in [4.78, 5) is 0. The first kappa shape index (κ1) is 13.6. The predicted molar refractivity (Wildman–Crippen MR) is 68.4 cm³/mol. The van der Waals surface area contributed by atoms with Crippen molar-refractivity contribution in [2.24, 2.45) is 11.7 Å². The molecule has 0 aliphatic heterocycles. The highest BCUT2D eigenvalue weighted by atomic mass is 32.2. The molecule has 2 rings (SSSR count). The summed E-state index contributed by atoms with van der Waals surface area (Å²) in [5.74, 6) is 0.995. The quantitative estimate of drug-likeness (QED) is 0.852. The fourth-order valence-corrected chi connectivity index (χ4v) is 3.51. The van der Waals surface area contributed by atoms with Gasteiger partial charge in [0.2, 0.25) is 5.09 Å². The molecule has 1 aliphatic rings. The number of hydrogen-bond acceptors (Lipinski definition) is 4. The summed E-state index contributed by atoms with van der Waals surface area (Å²) >= 11 is 0. The van der Waals surface area contributed by atoms with E-state index in [0.29, 0.717) is 18.2 Å². The van der Waals surface area contributed by atoms with E-state index in [1.807, 2.05) is 13.8 Å². The molecule has 0 radical (unpaired) electrons. The molecule has 102 valence electrons. The van der Waals surface area contributed by atoms with Crippen molar-refractivity contribution in [1.29, 1.82) is 0 Å². The van der Waals surface area contributed by atoms with Crippen LogP contribution in [0.2, 0.25) is 0 Å². The maximum Gasteiger partial charge on any atom is 0.276 e. The molecule has 18 heavy (non-hydrogen) atoms. The average molecular weight is 272 g/mol. The molecule has 0 aromatic carbocycles. The van der Waals surface area contributed by atoms with E-state index in [1.54, 1.807) is 6.07 Å². The van der Waals surface area contributed by atoms with Crippen LogP contribution in [0, 0.1) is 5.92 Å². The molecule has 1 fully saturated rings. The van der Waals surface area contributed by atoms with Gasteiger partial charge in [-0.15, -0.1) is 0 Å². The van der Waals surface area contributed by atoms with Gasteiger partial charge < -0.3 is 10.2 Å². The highest BCUT2D eigenvalue weighted by Gasteiger charge is 2.34. The summed E-state index contributed by atoms with van der Waals surface area (Å²) in [7, 11) is -3.53. The Morgan fingerprint density at radius 2 is 2.11 bits per heavy atom. The second kappa shape index (κ2) is 5.03. The third-order valence-electron chi connectivity index (χ3n) is 3.11. The normalized spacial score (nSPS) is 16.7. The molecule has 0 unspecified atom stereocenters. The van der Waals surface area contributed by atoms with Crippen molar-refractivity contribution in [3.63, 3.8) is 0 Å². The van der Waals surface area contributed by atoms with E-state index in [2.05, 4.69) is 0 Å². The Labute approximate surface area is 108 Å². The summed E-state index contributed by atoms with van der Waals surface area (Å²) in [5, 5.41) is -0.00250. The third kappa shape index (κ3) is 2.76. The molecule has 0 atom stereocenters. The number of sulfonamides is 1. The zero-order chi connectivity index (χ0) is 13.3. The van der Waals surface area contributed by atoms with Gasteiger partial charge in [-0.2, -0.15) is 4.31 Å². The fraction of sp³-hybridized carbons (Fsp3) is 0.667. The maximum atomic E-state index is 12.5. The molecule has 1 aromatic rings. The zero-order valence-electron chi connectivity index (χ0n) is 10.8. The average Bonchev–Trinajstić information content (AvgIpc) is 2.99. The van der Waals surface area contributed by atoms with E-state index in [9.17, 15) is 8.42 Å². The summed E-state index contributed by atoms with van der Waals surface area (Å²) in [6, 6.07) is 3.03. The Bertz CT molecular complexity index is 503. The summed E-state index contributed by atoms with van der Waals surface area (Å²) in [6.07, 6.45) is 2.23. The summed E-state index contributed by atoms with van der Waals surface area (Å²) < 4.78 is 31.7. The van der Waals surface area contributed by atoms with E-state index in [0.717, 1.165) is 12.8 Å². The largest absolute Gasteiger partial charge is 0.447 e. The molecule has 6 heteroatoms. The Kier molecular flexibility index (Phi) is 3.79. The molecule has 5 nitrogen and oxygen atoms in total. The molecular formula is C12H20N2O3S. The van der Waals surface area contributed by atoms with Crippen LogP contribution >= 0.6 is 0 Å². The summed E-state index contributed by atoms with van der Waals surface area (Å²) in [6.45, 7) is 4.55. The van der Waals surface area contributed by atoms with Crippen LogP contribution in [0.5, 0.6) is 0 Å². The van der Waals surface area contributed by atoms with Gasteiger partial charge in [0.25, 0.3) is 10.0 Å². The van der Waals surface area contributed by atoms with Gasteiger partial charge in [-0.1, -0.05) is 0 Å². The van der Waals surface area contributed by atoms with Crippen LogP contribution in [0.25, 0.3) is 0 Å². The van der Waals surface area contributed by atoms with Crippen molar-refractivity contribution in [3.05, 3.63) is 17.9 Å². The van der Waals surface area contributed by atoms with Crippen molar-refractivity contribution >= 4 is 10.0 Å². The first-order valence-corrected chi connectivity index (χ1v) is 7.69. The second-order valence-corrected chi connectivity index (χ2v) is 6.86. The number of nitrogens with zero attached hydrogens (tertiary/aromatic N) is 1. The van der Waals surface area contributed by atoms with Crippen LogP contribution in [0.4, 0.5) is 0 Å². The van der Waals surface area contributed by atoms with E-state index in [1.165, 1.54) is 10.4 Å². The molecule has 0 bridgehead atoms. The van der Waals surface area contributed by atoms with Gasteiger partial charge in [0.05, 0.1) is 6.54 Å². The molecule has 1 aliphatic carbocycles. The molecule has 0 amide bonds. The van der Waals surface area contributed by atoms with Crippen molar-refractivity contribution in [2.75, 3.05) is 6.54 Å². The lowest BCUT2D eigenvalue weighted by Crippen LogP contribution is -2.38. The van der Waals surface area contributed by atoms with Gasteiger partial charge in [0, 0.05) is 12.6 Å². The highest BCUT2D eigenvalue weighted by Crippen LogP contribution is 2.32. The fourth-order valence-electron chi connectivity index (χ4n) is 1.86. The standard InChI is InChI=1S/C12H20N2O3S/c1-9(2)14(8-10-3-4-10)18(15,16)12-6-5-11(7-13)17-12/h5-6,9-10H,3-4,7-8,13H2,1-2H3. The first-order valence-electron chi connectivity index (χ1n) is 6.25. The van der Waals surface area contributed by atoms with Gasteiger partial charge in [0.15, 0.2) is 0 Å². The minimum absolute atomic E-state index is 0.00250. The number of furan rings is 1. The van der Waals surface area contributed by atoms with Crippen LogP contribution in [0.1, 0.15) is 32.4 Å². The molecule has 2 N–H and O–H groups in total. The molecular weight excluding hydrogens is 252 g/mol. The topological polar surface area (TPSA) is 76.5 Å². The SMILES string of the molecule is CC(C)N(CC1CC1)S(=O)(=O)c1ccc(CN)o1. The van der Waals surface area contributed by atoms with Crippen molar-refractivity contribution in [3.8, 4) is 0 Å². The van der Waals surface area contributed by atoms with Crippen LogP contribution in [-0.2, 0) is 16.6 Å². The van der Waals surface area contributed by atoms with Crippen LogP contribution in [-0.4, -0.2) is 25.3 Å².